The highest BCUT2D eigenvalue weighted by Gasteiger charge is 2.29. The van der Waals surface area contributed by atoms with Crippen molar-refractivity contribution in [2.75, 3.05) is 6.67 Å². The van der Waals surface area contributed by atoms with Crippen LogP contribution >= 0.6 is 0 Å². The Morgan fingerprint density at radius 2 is 1.70 bits per heavy atom. The van der Waals surface area contributed by atoms with E-state index in [1.54, 1.807) is 0 Å². The molecule has 0 unspecified atom stereocenters. The maximum Gasteiger partial charge on any atom is 0.310 e. The Labute approximate surface area is 55.0 Å². The minimum absolute atomic E-state index is 1.03. The van der Waals surface area contributed by atoms with Crippen molar-refractivity contribution in [3.63, 3.8) is 0 Å². The summed E-state index contributed by atoms with van der Waals surface area (Å²) in [7, 11) is 0. The van der Waals surface area contributed by atoms with Crippen LogP contribution in [0.5, 0.6) is 0 Å². The predicted molar refractivity (Wildman–Crippen MR) is 25.6 cm³/mol. The maximum atomic E-state index is 11.8. The highest BCUT2D eigenvalue weighted by atomic mass is 19.3. The Bertz CT molecular complexity index is 90.0. The van der Waals surface area contributed by atoms with E-state index in [1.165, 1.54) is 0 Å². The molecule has 0 aliphatic heterocycles. The molecule has 0 amide bonds. The van der Waals surface area contributed by atoms with Crippen molar-refractivity contribution in [1.82, 2.24) is 0 Å². The molecule has 0 N–H and O–H groups in total. The van der Waals surface area contributed by atoms with Crippen LogP contribution in [0.15, 0.2) is 0 Å². The van der Waals surface area contributed by atoms with Crippen LogP contribution in [0.4, 0.5) is 22.0 Å². The molecule has 0 aromatic carbocycles. The van der Waals surface area contributed by atoms with Crippen LogP contribution in [0.1, 0.15) is 12.8 Å². The zero-order valence-electron chi connectivity index (χ0n) is 5.01. The molecule has 5 heteroatoms. The molecule has 0 saturated heterocycles. The van der Waals surface area contributed by atoms with Crippen LogP contribution in [-0.2, 0) is 0 Å². The van der Waals surface area contributed by atoms with Gasteiger partial charge in [0, 0.05) is 12.8 Å². The number of alkyl halides is 3. The molecule has 61 valence electrons. The summed E-state index contributed by atoms with van der Waals surface area (Å²) < 4.78 is 57.1. The molecule has 0 saturated carbocycles. The second-order valence-corrected chi connectivity index (χ2v) is 1.83. The molecule has 0 nitrogen and oxygen atoms in total. The molecule has 1 radical (unpaired) electrons. The average Bonchev–Trinajstić information content (AvgIpc) is 1.85. The predicted octanol–water partition coefficient (Wildman–Crippen LogP) is 2.80. The smallest absolute Gasteiger partial charge is 0.244 e. The molecular formula is C5H6F5. The number of hydrogen-bond donors (Lipinski definition) is 0. The molecule has 0 aromatic rings. The third-order valence-corrected chi connectivity index (χ3v) is 0.875. The van der Waals surface area contributed by atoms with E-state index in [4.69, 9.17) is 0 Å². The quantitative estimate of drug-likeness (QED) is 0.556. The second-order valence-electron chi connectivity index (χ2n) is 1.83. The van der Waals surface area contributed by atoms with E-state index in [2.05, 4.69) is 0 Å². The van der Waals surface area contributed by atoms with Gasteiger partial charge in [-0.15, -0.1) is 0 Å². The first-order chi connectivity index (χ1) is 4.48. The van der Waals surface area contributed by atoms with Crippen molar-refractivity contribution in [2.24, 2.45) is 0 Å². The maximum absolute atomic E-state index is 11.8. The summed E-state index contributed by atoms with van der Waals surface area (Å²) in [4.78, 5) is 0. The molecule has 0 aliphatic carbocycles. The van der Waals surface area contributed by atoms with Gasteiger partial charge in [-0.1, -0.05) is 0 Å². The number of halogens is 5. The summed E-state index contributed by atoms with van der Waals surface area (Å²) in [6.07, 6.45) is -4.24. The van der Waals surface area contributed by atoms with E-state index in [0.717, 1.165) is 0 Å². The largest absolute Gasteiger partial charge is 0.310 e. The van der Waals surface area contributed by atoms with Crippen LogP contribution in [0, 0.1) is 6.43 Å². The zero-order valence-corrected chi connectivity index (χ0v) is 5.01. The van der Waals surface area contributed by atoms with Crippen molar-refractivity contribution in [1.29, 1.82) is 0 Å². The summed E-state index contributed by atoms with van der Waals surface area (Å²) in [6.45, 7) is -1.87. The fourth-order valence-electron chi connectivity index (χ4n) is 0.344. The molecule has 0 rings (SSSR count). The van der Waals surface area contributed by atoms with Crippen molar-refractivity contribution < 1.29 is 22.0 Å². The van der Waals surface area contributed by atoms with Crippen LogP contribution in [0.25, 0.3) is 0 Å². The topological polar surface area (TPSA) is 0 Å². The first-order valence-corrected chi connectivity index (χ1v) is 2.58. The molecule has 0 atom stereocenters. The first-order valence-electron chi connectivity index (χ1n) is 2.58. The van der Waals surface area contributed by atoms with Gasteiger partial charge in [0.1, 0.15) is 0 Å². The van der Waals surface area contributed by atoms with E-state index in [1.807, 2.05) is 0 Å². The average molecular weight is 161 g/mol. The SMILES string of the molecule is FCC(F)(F)CC[C](F)F. The fraction of sp³-hybridized carbons (Fsp3) is 0.800. The van der Waals surface area contributed by atoms with E-state index < -0.39 is 31.9 Å². The lowest BCUT2D eigenvalue weighted by Gasteiger charge is -2.09. The Balaban J connectivity index is 3.46. The van der Waals surface area contributed by atoms with Gasteiger partial charge >= 0.3 is 6.43 Å². The molecule has 0 fully saturated rings. The summed E-state index contributed by atoms with van der Waals surface area (Å²) >= 11 is 0. The fourth-order valence-corrected chi connectivity index (χ4v) is 0.344. The van der Waals surface area contributed by atoms with Gasteiger partial charge in [0.2, 0.25) is 0 Å². The number of hydrogen-bond acceptors (Lipinski definition) is 0. The Morgan fingerprint density at radius 3 is 2.00 bits per heavy atom. The Morgan fingerprint density at radius 1 is 1.20 bits per heavy atom. The van der Waals surface area contributed by atoms with Gasteiger partial charge in [-0.25, -0.2) is 13.2 Å². The van der Waals surface area contributed by atoms with E-state index in [0.29, 0.717) is 0 Å². The molecule has 0 aromatic heterocycles. The molecular weight excluding hydrogens is 155 g/mol. The zero-order chi connectivity index (χ0) is 8.20. The summed E-state index contributed by atoms with van der Waals surface area (Å²) in [5.41, 5.74) is 0. The first kappa shape index (κ1) is 9.65. The van der Waals surface area contributed by atoms with E-state index in [9.17, 15) is 22.0 Å². The van der Waals surface area contributed by atoms with Crippen molar-refractivity contribution in [3.05, 3.63) is 6.43 Å². The van der Waals surface area contributed by atoms with Gasteiger partial charge in [0.05, 0.1) is 0 Å². The second kappa shape index (κ2) is 3.73. The highest BCUT2D eigenvalue weighted by molar-refractivity contribution is 4.70. The van der Waals surface area contributed by atoms with Gasteiger partial charge in [-0.3, -0.25) is 0 Å². The molecule has 0 heterocycles. The summed E-state index contributed by atoms with van der Waals surface area (Å²) in [5, 5.41) is 0. The molecule has 0 aliphatic rings. The van der Waals surface area contributed by atoms with Gasteiger partial charge < -0.3 is 0 Å². The summed E-state index contributed by atoms with van der Waals surface area (Å²) in [5.74, 6) is -3.59. The third kappa shape index (κ3) is 4.52. The lowest BCUT2D eigenvalue weighted by atomic mass is 10.2. The Kier molecular flexibility index (Phi) is 3.60. The highest BCUT2D eigenvalue weighted by Crippen LogP contribution is 2.24. The monoisotopic (exact) mass is 161 g/mol. The van der Waals surface area contributed by atoms with Crippen molar-refractivity contribution >= 4 is 0 Å². The van der Waals surface area contributed by atoms with Crippen molar-refractivity contribution in [3.8, 4) is 0 Å². The van der Waals surface area contributed by atoms with Gasteiger partial charge in [0.25, 0.3) is 5.92 Å². The van der Waals surface area contributed by atoms with Crippen LogP contribution in [0.2, 0.25) is 0 Å². The van der Waals surface area contributed by atoms with Gasteiger partial charge in [-0.2, -0.15) is 8.78 Å². The Hall–Kier alpha value is -0.350. The van der Waals surface area contributed by atoms with Crippen LogP contribution in [-0.4, -0.2) is 12.6 Å². The number of rotatable bonds is 4. The van der Waals surface area contributed by atoms with Gasteiger partial charge in [-0.05, 0) is 0 Å². The summed E-state index contributed by atoms with van der Waals surface area (Å²) in [6, 6.07) is 0. The van der Waals surface area contributed by atoms with Gasteiger partial charge in [0.15, 0.2) is 6.67 Å². The van der Waals surface area contributed by atoms with Crippen LogP contribution in [0.3, 0.4) is 0 Å². The lowest BCUT2D eigenvalue weighted by Crippen LogP contribution is -2.18. The van der Waals surface area contributed by atoms with Crippen molar-refractivity contribution in [2.45, 2.75) is 18.8 Å². The van der Waals surface area contributed by atoms with E-state index >= 15 is 0 Å². The molecule has 10 heavy (non-hydrogen) atoms. The minimum Gasteiger partial charge on any atom is -0.244 e. The van der Waals surface area contributed by atoms with E-state index in [-0.39, 0.29) is 0 Å². The molecule has 0 spiro atoms. The minimum atomic E-state index is -3.59. The lowest BCUT2D eigenvalue weighted by molar-refractivity contribution is -0.0352. The van der Waals surface area contributed by atoms with Crippen LogP contribution < -0.4 is 0 Å². The third-order valence-electron chi connectivity index (χ3n) is 0.875. The molecule has 0 bridgehead atoms. The standard InChI is InChI=1S/C5H6F5/c6-3-5(9,10)2-1-4(7)8/h1-3H2. The normalized spacial score (nSPS) is 12.6.